The number of rotatable bonds is 4. The lowest BCUT2D eigenvalue weighted by Gasteiger charge is -2.04. The Kier molecular flexibility index (Phi) is 4.19. The predicted octanol–water partition coefficient (Wildman–Crippen LogP) is 3.53. The number of anilines is 1. The van der Waals surface area contributed by atoms with Crippen LogP contribution in [0.15, 0.2) is 52.9 Å². The van der Waals surface area contributed by atoms with Crippen LogP contribution in [0.3, 0.4) is 0 Å². The standard InChI is InChI=1S/C18H17N3O2/c1-12-8-9-15(13(2)10-12)11-16-20-21-18(23-16)19-17(22)14-6-4-3-5-7-14/h3-10H,11H2,1-2H3,(H,19,21,22). The summed E-state index contributed by atoms with van der Waals surface area (Å²) in [7, 11) is 0. The first-order valence-electron chi connectivity index (χ1n) is 7.37. The van der Waals surface area contributed by atoms with Gasteiger partial charge in [-0.05, 0) is 37.1 Å². The minimum absolute atomic E-state index is 0.110. The second-order valence-electron chi connectivity index (χ2n) is 5.43. The fraction of sp³-hybridized carbons (Fsp3) is 0.167. The number of hydrogen-bond donors (Lipinski definition) is 1. The molecule has 3 rings (SSSR count). The van der Waals surface area contributed by atoms with Crippen LogP contribution in [0.25, 0.3) is 0 Å². The van der Waals surface area contributed by atoms with E-state index in [-0.39, 0.29) is 11.9 Å². The molecule has 1 aromatic heterocycles. The summed E-state index contributed by atoms with van der Waals surface area (Å²) in [5.74, 6) is 0.202. The lowest BCUT2D eigenvalue weighted by Crippen LogP contribution is -2.11. The maximum Gasteiger partial charge on any atom is 0.322 e. The van der Waals surface area contributed by atoms with Gasteiger partial charge < -0.3 is 4.42 Å². The van der Waals surface area contributed by atoms with Crippen LogP contribution in [-0.2, 0) is 6.42 Å². The van der Waals surface area contributed by atoms with Gasteiger partial charge in [0.1, 0.15) is 0 Å². The molecule has 0 aliphatic heterocycles. The van der Waals surface area contributed by atoms with Crippen molar-refractivity contribution in [2.45, 2.75) is 20.3 Å². The number of nitrogens with one attached hydrogen (secondary N) is 1. The fourth-order valence-electron chi connectivity index (χ4n) is 2.34. The monoisotopic (exact) mass is 307 g/mol. The van der Waals surface area contributed by atoms with E-state index in [2.05, 4.69) is 47.6 Å². The summed E-state index contributed by atoms with van der Waals surface area (Å²) in [5, 5.41) is 10.5. The molecule has 0 fully saturated rings. The number of aromatic nitrogens is 2. The summed E-state index contributed by atoms with van der Waals surface area (Å²) < 4.78 is 5.51. The zero-order valence-electron chi connectivity index (χ0n) is 13.0. The molecule has 0 aliphatic rings. The van der Waals surface area contributed by atoms with Crippen molar-refractivity contribution in [2.24, 2.45) is 0 Å². The first-order valence-corrected chi connectivity index (χ1v) is 7.37. The third-order valence-electron chi connectivity index (χ3n) is 3.56. The zero-order chi connectivity index (χ0) is 16.2. The third kappa shape index (κ3) is 3.63. The SMILES string of the molecule is Cc1ccc(Cc2nnc(NC(=O)c3ccccc3)o2)c(C)c1. The number of hydrogen-bond acceptors (Lipinski definition) is 4. The highest BCUT2D eigenvalue weighted by atomic mass is 16.4. The first-order chi connectivity index (χ1) is 11.1. The fourth-order valence-corrected chi connectivity index (χ4v) is 2.34. The molecular weight excluding hydrogens is 290 g/mol. The summed E-state index contributed by atoms with van der Waals surface area (Å²) in [6, 6.07) is 15.2. The molecule has 0 aliphatic carbocycles. The maximum absolute atomic E-state index is 12.0. The smallest absolute Gasteiger partial charge is 0.322 e. The molecule has 5 nitrogen and oxygen atoms in total. The summed E-state index contributed by atoms with van der Waals surface area (Å²) in [4.78, 5) is 12.0. The van der Waals surface area contributed by atoms with Gasteiger partial charge in [0, 0.05) is 5.56 Å². The van der Waals surface area contributed by atoms with E-state index in [1.807, 2.05) is 6.07 Å². The Morgan fingerprint density at radius 3 is 2.61 bits per heavy atom. The van der Waals surface area contributed by atoms with Crippen molar-refractivity contribution in [3.63, 3.8) is 0 Å². The maximum atomic E-state index is 12.0. The Labute approximate surface area is 134 Å². The van der Waals surface area contributed by atoms with Crippen molar-refractivity contribution < 1.29 is 9.21 Å². The van der Waals surface area contributed by atoms with Crippen molar-refractivity contribution in [1.29, 1.82) is 0 Å². The minimum atomic E-state index is -0.271. The van der Waals surface area contributed by atoms with Gasteiger partial charge in [0.25, 0.3) is 5.91 Å². The van der Waals surface area contributed by atoms with Crippen LogP contribution in [0.2, 0.25) is 0 Å². The van der Waals surface area contributed by atoms with E-state index in [1.165, 1.54) is 11.1 Å². The zero-order valence-corrected chi connectivity index (χ0v) is 13.0. The van der Waals surface area contributed by atoms with Gasteiger partial charge in [-0.3, -0.25) is 10.1 Å². The molecule has 23 heavy (non-hydrogen) atoms. The molecule has 0 atom stereocenters. The lowest BCUT2D eigenvalue weighted by atomic mass is 10.0. The molecule has 0 spiro atoms. The van der Waals surface area contributed by atoms with Crippen molar-refractivity contribution in [3.05, 3.63) is 76.7 Å². The van der Waals surface area contributed by atoms with Crippen molar-refractivity contribution in [3.8, 4) is 0 Å². The Hall–Kier alpha value is -2.95. The van der Waals surface area contributed by atoms with Gasteiger partial charge in [-0.1, -0.05) is 47.1 Å². The number of nitrogens with zero attached hydrogens (tertiary/aromatic N) is 2. The van der Waals surface area contributed by atoms with E-state index in [9.17, 15) is 4.79 Å². The second kappa shape index (κ2) is 6.44. The van der Waals surface area contributed by atoms with E-state index < -0.39 is 0 Å². The molecule has 0 unspecified atom stereocenters. The molecule has 5 heteroatoms. The second-order valence-corrected chi connectivity index (χ2v) is 5.43. The Morgan fingerprint density at radius 2 is 1.87 bits per heavy atom. The highest BCUT2D eigenvalue weighted by Gasteiger charge is 2.12. The van der Waals surface area contributed by atoms with E-state index in [1.54, 1.807) is 24.3 Å². The largest absolute Gasteiger partial charge is 0.407 e. The number of aryl methyl sites for hydroxylation is 2. The Morgan fingerprint density at radius 1 is 1.09 bits per heavy atom. The van der Waals surface area contributed by atoms with Gasteiger partial charge >= 0.3 is 6.01 Å². The summed E-state index contributed by atoms with van der Waals surface area (Å²) in [6.45, 7) is 4.11. The van der Waals surface area contributed by atoms with Crippen LogP contribution < -0.4 is 5.32 Å². The molecule has 3 aromatic rings. The van der Waals surface area contributed by atoms with Crippen LogP contribution in [-0.4, -0.2) is 16.1 Å². The van der Waals surface area contributed by atoms with Crippen LogP contribution >= 0.6 is 0 Å². The molecule has 0 saturated heterocycles. The summed E-state index contributed by atoms with van der Waals surface area (Å²) >= 11 is 0. The first kappa shape index (κ1) is 15.0. The highest BCUT2D eigenvalue weighted by Crippen LogP contribution is 2.16. The van der Waals surface area contributed by atoms with Gasteiger partial charge in [0.05, 0.1) is 6.42 Å². The highest BCUT2D eigenvalue weighted by molar-refractivity contribution is 6.02. The number of carbonyl (C=O) groups is 1. The summed E-state index contributed by atoms with van der Waals surface area (Å²) in [6.07, 6.45) is 0.542. The van der Waals surface area contributed by atoms with E-state index in [4.69, 9.17) is 4.42 Å². The normalized spacial score (nSPS) is 10.5. The number of amides is 1. The number of carbonyl (C=O) groups excluding carboxylic acids is 1. The molecular formula is C18H17N3O2. The molecule has 1 N–H and O–H groups in total. The molecule has 0 radical (unpaired) electrons. The predicted molar refractivity (Wildman–Crippen MR) is 87.4 cm³/mol. The van der Waals surface area contributed by atoms with Crippen molar-refractivity contribution >= 4 is 11.9 Å². The van der Waals surface area contributed by atoms with E-state index >= 15 is 0 Å². The molecule has 2 aromatic carbocycles. The van der Waals surface area contributed by atoms with Gasteiger partial charge in [0.2, 0.25) is 5.89 Å². The molecule has 0 saturated carbocycles. The van der Waals surface area contributed by atoms with Crippen molar-refractivity contribution in [1.82, 2.24) is 10.2 Å². The van der Waals surface area contributed by atoms with Gasteiger partial charge in [-0.25, -0.2) is 0 Å². The van der Waals surface area contributed by atoms with Crippen molar-refractivity contribution in [2.75, 3.05) is 5.32 Å². The Balaban J connectivity index is 1.70. The van der Waals surface area contributed by atoms with Gasteiger partial charge in [0.15, 0.2) is 0 Å². The quantitative estimate of drug-likeness (QED) is 0.800. The average molecular weight is 307 g/mol. The van der Waals surface area contributed by atoms with Crippen LogP contribution in [0, 0.1) is 13.8 Å². The van der Waals surface area contributed by atoms with Crippen LogP contribution in [0.5, 0.6) is 0 Å². The van der Waals surface area contributed by atoms with Gasteiger partial charge in [-0.15, -0.1) is 5.10 Å². The third-order valence-corrected chi connectivity index (χ3v) is 3.56. The molecule has 116 valence electrons. The number of benzene rings is 2. The van der Waals surface area contributed by atoms with Crippen LogP contribution in [0.1, 0.15) is 32.9 Å². The van der Waals surface area contributed by atoms with Gasteiger partial charge in [-0.2, -0.15) is 0 Å². The topological polar surface area (TPSA) is 68.0 Å². The average Bonchev–Trinajstić information content (AvgIpc) is 2.98. The molecule has 0 bridgehead atoms. The summed E-state index contributed by atoms with van der Waals surface area (Å²) in [5.41, 5.74) is 4.06. The molecule has 1 heterocycles. The minimum Gasteiger partial charge on any atom is -0.407 e. The van der Waals surface area contributed by atoms with E-state index in [0.29, 0.717) is 17.9 Å². The Bertz CT molecular complexity index is 825. The van der Waals surface area contributed by atoms with Crippen LogP contribution in [0.4, 0.5) is 6.01 Å². The van der Waals surface area contributed by atoms with E-state index in [0.717, 1.165) is 5.56 Å². The molecule has 1 amide bonds. The lowest BCUT2D eigenvalue weighted by molar-refractivity contribution is 0.102.